The van der Waals surface area contributed by atoms with E-state index in [1.807, 2.05) is 12.1 Å². The standard InChI is InChI=1S/C16H16N2O/c1-17-8-7-12-14(17)6-4-11-13-9-10(19)3-5-15(13)18(2)16(11)12/h3,5,7-9,19H,4,6H2,1-2H3. The molecular formula is C16H16N2O. The molecule has 1 N–H and O–H groups in total. The van der Waals surface area contributed by atoms with Crippen LogP contribution in [0, 0.1) is 0 Å². The summed E-state index contributed by atoms with van der Waals surface area (Å²) < 4.78 is 4.47. The average molecular weight is 252 g/mol. The Morgan fingerprint density at radius 1 is 1.11 bits per heavy atom. The highest BCUT2D eigenvalue weighted by molar-refractivity contribution is 5.94. The van der Waals surface area contributed by atoms with Crippen molar-refractivity contribution in [1.29, 1.82) is 0 Å². The molecule has 0 saturated carbocycles. The van der Waals surface area contributed by atoms with Crippen LogP contribution in [0.15, 0.2) is 30.5 Å². The molecule has 0 saturated heterocycles. The van der Waals surface area contributed by atoms with Crippen LogP contribution < -0.4 is 0 Å². The van der Waals surface area contributed by atoms with Gasteiger partial charge in [-0.15, -0.1) is 0 Å². The first-order valence-electron chi connectivity index (χ1n) is 6.61. The van der Waals surface area contributed by atoms with Gasteiger partial charge in [-0.1, -0.05) is 0 Å². The summed E-state index contributed by atoms with van der Waals surface area (Å²) >= 11 is 0. The molecule has 0 bridgehead atoms. The first kappa shape index (κ1) is 10.7. The molecule has 19 heavy (non-hydrogen) atoms. The number of hydrogen-bond acceptors (Lipinski definition) is 1. The van der Waals surface area contributed by atoms with Crippen LogP contribution in [0.3, 0.4) is 0 Å². The van der Waals surface area contributed by atoms with E-state index in [2.05, 4.69) is 35.5 Å². The monoisotopic (exact) mass is 252 g/mol. The fraction of sp³-hybridized carbons (Fsp3) is 0.250. The minimum Gasteiger partial charge on any atom is -0.508 e. The molecule has 0 unspecified atom stereocenters. The Bertz CT molecular complexity index is 808. The van der Waals surface area contributed by atoms with Crippen LogP contribution >= 0.6 is 0 Å². The zero-order chi connectivity index (χ0) is 13.1. The Kier molecular flexibility index (Phi) is 1.94. The van der Waals surface area contributed by atoms with Crippen molar-refractivity contribution < 1.29 is 5.11 Å². The minimum atomic E-state index is 0.347. The van der Waals surface area contributed by atoms with E-state index in [1.54, 1.807) is 6.07 Å². The second-order valence-electron chi connectivity index (χ2n) is 5.37. The molecule has 3 nitrogen and oxygen atoms in total. The van der Waals surface area contributed by atoms with E-state index in [-0.39, 0.29) is 0 Å². The van der Waals surface area contributed by atoms with Crippen LogP contribution in [0.1, 0.15) is 11.3 Å². The predicted molar refractivity (Wildman–Crippen MR) is 76.4 cm³/mol. The molecule has 2 aromatic heterocycles. The topological polar surface area (TPSA) is 30.1 Å². The lowest BCUT2D eigenvalue weighted by Gasteiger charge is -2.16. The molecule has 1 aromatic carbocycles. The molecule has 3 aromatic rings. The summed E-state index contributed by atoms with van der Waals surface area (Å²) in [7, 11) is 4.22. The lowest BCUT2D eigenvalue weighted by atomic mass is 9.93. The van der Waals surface area contributed by atoms with E-state index in [1.165, 1.54) is 33.4 Å². The smallest absolute Gasteiger partial charge is 0.116 e. The van der Waals surface area contributed by atoms with Crippen molar-refractivity contribution in [3.8, 4) is 17.0 Å². The van der Waals surface area contributed by atoms with Gasteiger partial charge in [0, 0.05) is 42.5 Å². The maximum absolute atomic E-state index is 9.73. The third-order valence-electron chi connectivity index (χ3n) is 4.36. The summed E-state index contributed by atoms with van der Waals surface area (Å²) in [6, 6.07) is 7.86. The van der Waals surface area contributed by atoms with E-state index in [0.29, 0.717) is 5.75 Å². The van der Waals surface area contributed by atoms with Gasteiger partial charge in [0.25, 0.3) is 0 Å². The Labute approximate surface area is 111 Å². The maximum Gasteiger partial charge on any atom is 0.116 e. The summed E-state index contributed by atoms with van der Waals surface area (Å²) in [6.07, 6.45) is 4.25. The number of benzene rings is 1. The lowest BCUT2D eigenvalue weighted by Crippen LogP contribution is -2.07. The molecule has 3 heteroatoms. The molecule has 2 heterocycles. The predicted octanol–water partition coefficient (Wildman–Crippen LogP) is 2.99. The molecule has 1 aliphatic carbocycles. The summed E-state index contributed by atoms with van der Waals surface area (Å²) in [6.45, 7) is 0. The van der Waals surface area contributed by atoms with Gasteiger partial charge in [-0.2, -0.15) is 0 Å². The number of nitrogens with zero attached hydrogens (tertiary/aromatic N) is 2. The number of rotatable bonds is 0. The molecule has 4 rings (SSSR count). The Morgan fingerprint density at radius 2 is 1.95 bits per heavy atom. The molecule has 0 atom stereocenters. The van der Waals surface area contributed by atoms with E-state index in [0.717, 1.165) is 12.8 Å². The van der Waals surface area contributed by atoms with E-state index >= 15 is 0 Å². The van der Waals surface area contributed by atoms with Crippen molar-refractivity contribution in [2.45, 2.75) is 12.8 Å². The zero-order valence-corrected chi connectivity index (χ0v) is 11.1. The van der Waals surface area contributed by atoms with Gasteiger partial charge in [-0.3, -0.25) is 0 Å². The van der Waals surface area contributed by atoms with Crippen molar-refractivity contribution in [3.05, 3.63) is 41.7 Å². The molecule has 0 fully saturated rings. The van der Waals surface area contributed by atoms with Gasteiger partial charge in [0.1, 0.15) is 5.75 Å². The molecule has 0 radical (unpaired) electrons. The van der Waals surface area contributed by atoms with Crippen LogP contribution in [0.5, 0.6) is 5.75 Å². The van der Waals surface area contributed by atoms with Crippen molar-refractivity contribution in [2.24, 2.45) is 14.1 Å². The van der Waals surface area contributed by atoms with Crippen LogP contribution in [-0.2, 0) is 26.9 Å². The summed E-state index contributed by atoms with van der Waals surface area (Å²) in [5.74, 6) is 0.347. The number of aromatic nitrogens is 2. The Balaban J connectivity index is 2.14. The Morgan fingerprint density at radius 3 is 2.79 bits per heavy atom. The van der Waals surface area contributed by atoms with Crippen LogP contribution in [0.25, 0.3) is 22.2 Å². The van der Waals surface area contributed by atoms with Gasteiger partial charge >= 0.3 is 0 Å². The highest BCUT2D eigenvalue weighted by Gasteiger charge is 2.24. The fourth-order valence-corrected chi connectivity index (χ4v) is 3.44. The van der Waals surface area contributed by atoms with Gasteiger partial charge < -0.3 is 14.2 Å². The van der Waals surface area contributed by atoms with Crippen LogP contribution in [0.4, 0.5) is 0 Å². The van der Waals surface area contributed by atoms with Crippen molar-refractivity contribution >= 4 is 10.9 Å². The molecule has 0 amide bonds. The molecule has 0 spiro atoms. The van der Waals surface area contributed by atoms with Gasteiger partial charge in [0.15, 0.2) is 0 Å². The molecule has 1 aliphatic rings. The first-order valence-corrected chi connectivity index (χ1v) is 6.61. The van der Waals surface area contributed by atoms with Crippen molar-refractivity contribution in [1.82, 2.24) is 9.13 Å². The summed E-state index contributed by atoms with van der Waals surface area (Å²) in [5.41, 5.74) is 6.61. The number of phenols is 1. The van der Waals surface area contributed by atoms with Crippen molar-refractivity contribution in [2.75, 3.05) is 0 Å². The van der Waals surface area contributed by atoms with Gasteiger partial charge in [0.2, 0.25) is 0 Å². The molecule has 0 aliphatic heterocycles. The van der Waals surface area contributed by atoms with E-state index in [9.17, 15) is 5.11 Å². The maximum atomic E-state index is 9.73. The quantitative estimate of drug-likeness (QED) is 0.655. The number of aromatic hydroxyl groups is 1. The second kappa shape index (κ2) is 3.44. The number of phenolic OH excluding ortho intramolecular Hbond substituents is 1. The number of fused-ring (bicyclic) bond motifs is 5. The average Bonchev–Trinajstić information content (AvgIpc) is 2.90. The van der Waals surface area contributed by atoms with E-state index in [4.69, 9.17) is 0 Å². The van der Waals surface area contributed by atoms with E-state index < -0.39 is 0 Å². The van der Waals surface area contributed by atoms with Gasteiger partial charge in [0.05, 0.1) is 5.69 Å². The second-order valence-corrected chi connectivity index (χ2v) is 5.37. The van der Waals surface area contributed by atoms with Crippen LogP contribution in [0.2, 0.25) is 0 Å². The number of hydrogen-bond donors (Lipinski definition) is 1. The third kappa shape index (κ3) is 1.27. The Hall–Kier alpha value is -2.16. The minimum absolute atomic E-state index is 0.347. The molecular weight excluding hydrogens is 236 g/mol. The van der Waals surface area contributed by atoms with Gasteiger partial charge in [-0.05, 0) is 42.7 Å². The highest BCUT2D eigenvalue weighted by Crippen LogP contribution is 2.40. The summed E-state index contributed by atoms with van der Waals surface area (Å²) in [5, 5.41) is 10.9. The fourth-order valence-electron chi connectivity index (χ4n) is 3.44. The third-order valence-corrected chi connectivity index (χ3v) is 4.36. The summed E-state index contributed by atoms with van der Waals surface area (Å²) in [4.78, 5) is 0. The lowest BCUT2D eigenvalue weighted by molar-refractivity contribution is 0.476. The van der Waals surface area contributed by atoms with Crippen molar-refractivity contribution in [3.63, 3.8) is 0 Å². The SMILES string of the molecule is Cn1ccc2c1CCc1c-2n(C)c2ccc(O)cc12. The largest absolute Gasteiger partial charge is 0.508 e. The normalized spacial score (nSPS) is 13.6. The zero-order valence-electron chi connectivity index (χ0n) is 11.1. The highest BCUT2D eigenvalue weighted by atomic mass is 16.3. The van der Waals surface area contributed by atoms with Crippen LogP contribution in [-0.4, -0.2) is 14.2 Å². The van der Waals surface area contributed by atoms with Gasteiger partial charge in [-0.25, -0.2) is 0 Å². The first-order chi connectivity index (χ1) is 9.16. The molecule has 96 valence electrons. The number of aryl methyl sites for hydroxylation is 3.